The molecule has 0 aromatic carbocycles. The highest BCUT2D eigenvalue weighted by atomic mass is 32.1. The number of carboxylic acid groups (broad SMARTS) is 1. The van der Waals surface area contributed by atoms with Crippen molar-refractivity contribution < 1.29 is 9.90 Å². The van der Waals surface area contributed by atoms with E-state index in [-0.39, 0.29) is 0 Å². The fraction of sp³-hybridized carbons (Fsp3) is 0.556. The summed E-state index contributed by atoms with van der Waals surface area (Å²) < 4.78 is 0. The lowest BCUT2D eigenvalue weighted by Crippen LogP contribution is -2.29. The summed E-state index contributed by atoms with van der Waals surface area (Å²) in [5.74, 6) is -0.745. The van der Waals surface area contributed by atoms with Crippen molar-refractivity contribution in [2.45, 2.75) is 26.7 Å². The van der Waals surface area contributed by atoms with Crippen LogP contribution in [0.25, 0.3) is 0 Å². The van der Waals surface area contributed by atoms with Gasteiger partial charge in [0.2, 0.25) is 0 Å². The van der Waals surface area contributed by atoms with E-state index in [9.17, 15) is 4.79 Å². The van der Waals surface area contributed by atoms with Crippen LogP contribution in [0.4, 0.5) is 0 Å². The average Bonchev–Trinajstić information content (AvgIpc) is 2.56. The average molecular weight is 199 g/mol. The van der Waals surface area contributed by atoms with Crippen molar-refractivity contribution in [2.75, 3.05) is 0 Å². The smallest absolute Gasteiger partial charge is 0.309 e. The van der Waals surface area contributed by atoms with E-state index in [4.69, 9.17) is 5.11 Å². The van der Waals surface area contributed by atoms with Crippen LogP contribution in [0.2, 0.25) is 0 Å². The van der Waals surface area contributed by atoms with Gasteiger partial charge in [-0.2, -0.15) is 0 Å². The summed E-state index contributed by atoms with van der Waals surface area (Å²) in [5, 5.41) is 11.8. The summed E-state index contributed by atoms with van der Waals surface area (Å²) in [6.07, 6.45) is 2.86. The van der Waals surface area contributed by atoms with Crippen molar-refractivity contribution in [2.24, 2.45) is 5.41 Å². The highest BCUT2D eigenvalue weighted by Gasteiger charge is 2.31. The standard InChI is InChI=1S/C9H13NO2S/c1-3-9(2,8(11)12)6-7-10-4-5-13-7/h4-5H,3,6H2,1-2H3,(H,11,12). The number of carbonyl (C=O) groups is 1. The van der Waals surface area contributed by atoms with Crippen LogP contribution in [0.5, 0.6) is 0 Å². The fourth-order valence-corrected chi connectivity index (χ4v) is 1.83. The lowest BCUT2D eigenvalue weighted by molar-refractivity contribution is -0.148. The molecule has 1 rings (SSSR count). The number of hydrogen-bond donors (Lipinski definition) is 1. The van der Waals surface area contributed by atoms with Crippen LogP contribution in [0.1, 0.15) is 25.3 Å². The van der Waals surface area contributed by atoms with Crippen molar-refractivity contribution in [1.29, 1.82) is 0 Å². The number of aliphatic carboxylic acids is 1. The zero-order chi connectivity index (χ0) is 9.90. The van der Waals surface area contributed by atoms with Gasteiger partial charge >= 0.3 is 5.97 Å². The minimum atomic E-state index is -0.745. The third-order valence-corrected chi connectivity index (χ3v) is 3.10. The van der Waals surface area contributed by atoms with E-state index in [0.29, 0.717) is 12.8 Å². The van der Waals surface area contributed by atoms with Crippen LogP contribution in [0.15, 0.2) is 11.6 Å². The fourth-order valence-electron chi connectivity index (χ4n) is 1.03. The largest absolute Gasteiger partial charge is 0.481 e. The van der Waals surface area contributed by atoms with Crippen LogP contribution >= 0.6 is 11.3 Å². The molecule has 1 unspecified atom stereocenters. The molecule has 4 heteroatoms. The van der Waals surface area contributed by atoms with Gasteiger partial charge in [-0.1, -0.05) is 6.92 Å². The van der Waals surface area contributed by atoms with Crippen molar-refractivity contribution in [3.63, 3.8) is 0 Å². The molecule has 0 spiro atoms. The van der Waals surface area contributed by atoms with Gasteiger partial charge < -0.3 is 5.11 Å². The zero-order valence-electron chi connectivity index (χ0n) is 7.78. The molecule has 1 aromatic heterocycles. The summed E-state index contributed by atoms with van der Waals surface area (Å²) >= 11 is 1.51. The van der Waals surface area contributed by atoms with E-state index in [1.807, 2.05) is 12.3 Å². The van der Waals surface area contributed by atoms with Gasteiger partial charge in [-0.05, 0) is 13.3 Å². The number of hydrogen-bond acceptors (Lipinski definition) is 3. The minimum absolute atomic E-state index is 0.524. The van der Waals surface area contributed by atoms with E-state index in [2.05, 4.69) is 4.98 Å². The summed E-state index contributed by atoms with van der Waals surface area (Å²) in [5.41, 5.74) is -0.669. The van der Waals surface area contributed by atoms with Gasteiger partial charge in [0.25, 0.3) is 0 Å². The molecule has 0 amide bonds. The van der Waals surface area contributed by atoms with Gasteiger partial charge in [0, 0.05) is 18.0 Å². The first-order valence-electron chi connectivity index (χ1n) is 4.20. The Balaban J connectivity index is 2.75. The van der Waals surface area contributed by atoms with Gasteiger partial charge in [-0.15, -0.1) is 11.3 Å². The Labute approximate surface area is 81.4 Å². The second kappa shape index (κ2) is 3.87. The molecule has 0 bridgehead atoms. The van der Waals surface area contributed by atoms with Crippen molar-refractivity contribution in [3.05, 3.63) is 16.6 Å². The van der Waals surface area contributed by atoms with E-state index in [0.717, 1.165) is 5.01 Å². The molecule has 1 N–H and O–H groups in total. The molecule has 0 saturated heterocycles. The van der Waals surface area contributed by atoms with Gasteiger partial charge in [0.1, 0.15) is 0 Å². The number of rotatable bonds is 4. The highest BCUT2D eigenvalue weighted by Crippen LogP contribution is 2.27. The Morgan fingerprint density at radius 1 is 1.77 bits per heavy atom. The molecule has 0 saturated carbocycles. The normalized spacial score (nSPS) is 15.2. The Hall–Kier alpha value is -0.900. The maximum Gasteiger partial charge on any atom is 0.309 e. The molecule has 1 aromatic rings. The number of aromatic nitrogens is 1. The summed E-state index contributed by atoms with van der Waals surface area (Å²) in [7, 11) is 0. The lowest BCUT2D eigenvalue weighted by Gasteiger charge is -2.21. The van der Waals surface area contributed by atoms with E-state index < -0.39 is 11.4 Å². The molecule has 1 heterocycles. The number of thiazole rings is 1. The lowest BCUT2D eigenvalue weighted by atomic mass is 9.84. The van der Waals surface area contributed by atoms with E-state index in [1.165, 1.54) is 11.3 Å². The van der Waals surface area contributed by atoms with E-state index in [1.54, 1.807) is 13.1 Å². The number of carboxylic acids is 1. The molecular weight excluding hydrogens is 186 g/mol. The summed E-state index contributed by atoms with van der Waals surface area (Å²) in [6.45, 7) is 3.65. The molecule has 0 radical (unpaired) electrons. The Morgan fingerprint density at radius 3 is 2.85 bits per heavy atom. The zero-order valence-corrected chi connectivity index (χ0v) is 8.60. The molecule has 0 aliphatic heterocycles. The maximum absolute atomic E-state index is 11.0. The molecule has 1 atom stereocenters. The Morgan fingerprint density at radius 2 is 2.46 bits per heavy atom. The van der Waals surface area contributed by atoms with Crippen molar-refractivity contribution in [1.82, 2.24) is 4.98 Å². The monoisotopic (exact) mass is 199 g/mol. The third-order valence-electron chi connectivity index (χ3n) is 2.32. The molecule has 0 aliphatic rings. The summed E-state index contributed by atoms with van der Waals surface area (Å²) in [6, 6.07) is 0. The molecular formula is C9H13NO2S. The van der Waals surface area contributed by atoms with Gasteiger partial charge in [-0.25, -0.2) is 4.98 Å². The molecule has 3 nitrogen and oxygen atoms in total. The third kappa shape index (κ3) is 2.28. The summed E-state index contributed by atoms with van der Waals surface area (Å²) in [4.78, 5) is 15.0. The topological polar surface area (TPSA) is 50.2 Å². The Bertz CT molecular complexity index is 284. The molecule has 0 fully saturated rings. The molecule has 13 heavy (non-hydrogen) atoms. The quantitative estimate of drug-likeness (QED) is 0.808. The first-order valence-corrected chi connectivity index (χ1v) is 5.08. The molecule has 0 aliphatic carbocycles. The predicted molar refractivity (Wildman–Crippen MR) is 51.9 cm³/mol. The van der Waals surface area contributed by atoms with Gasteiger partial charge in [0.15, 0.2) is 0 Å². The van der Waals surface area contributed by atoms with Crippen LogP contribution in [0.3, 0.4) is 0 Å². The first kappa shape index (κ1) is 10.2. The van der Waals surface area contributed by atoms with Gasteiger partial charge in [-0.3, -0.25) is 4.79 Å². The van der Waals surface area contributed by atoms with Gasteiger partial charge in [0.05, 0.1) is 10.4 Å². The van der Waals surface area contributed by atoms with Crippen LogP contribution in [0, 0.1) is 5.41 Å². The highest BCUT2D eigenvalue weighted by molar-refractivity contribution is 7.09. The van der Waals surface area contributed by atoms with E-state index >= 15 is 0 Å². The van der Waals surface area contributed by atoms with Crippen molar-refractivity contribution >= 4 is 17.3 Å². The second-order valence-corrected chi connectivity index (χ2v) is 4.30. The second-order valence-electron chi connectivity index (χ2n) is 3.32. The maximum atomic E-state index is 11.0. The van der Waals surface area contributed by atoms with Crippen LogP contribution in [-0.2, 0) is 11.2 Å². The first-order chi connectivity index (χ1) is 6.08. The Kier molecular flexibility index (Phi) is 3.03. The minimum Gasteiger partial charge on any atom is -0.481 e. The van der Waals surface area contributed by atoms with Crippen LogP contribution < -0.4 is 0 Å². The predicted octanol–water partition coefficient (Wildman–Crippen LogP) is 2.19. The number of nitrogens with zero attached hydrogens (tertiary/aromatic N) is 1. The molecule has 72 valence electrons. The van der Waals surface area contributed by atoms with Crippen LogP contribution in [-0.4, -0.2) is 16.1 Å². The van der Waals surface area contributed by atoms with Crippen molar-refractivity contribution in [3.8, 4) is 0 Å². The SMILES string of the molecule is CCC(C)(Cc1nccs1)C(=O)O.